The van der Waals surface area contributed by atoms with Crippen LogP contribution in [0.25, 0.3) is 5.13 Å². The van der Waals surface area contributed by atoms with Crippen LogP contribution in [0.15, 0.2) is 70.8 Å². The van der Waals surface area contributed by atoms with Crippen LogP contribution in [0.1, 0.15) is 45.0 Å². The standard InChI is InChI=1S/C24H21N5O3S2/c1-24(2,32)15-10-27-29(13-15)23-26-12-16(33-23)11-25-21(30)14-7-8-20-18(9-14)28-22(31)17-5-3-4-6-19(17)34-20/h3-10,12-13,32H,11H2,1-2H3,(H,25,30)(H,28,31). The molecule has 0 saturated heterocycles. The van der Waals surface area contributed by atoms with Crippen molar-refractivity contribution in [1.29, 1.82) is 0 Å². The Kier molecular flexibility index (Phi) is 5.72. The Hall–Kier alpha value is -3.47. The molecule has 8 nitrogen and oxygen atoms in total. The van der Waals surface area contributed by atoms with E-state index in [4.69, 9.17) is 0 Å². The normalized spacial score (nSPS) is 13.0. The maximum atomic E-state index is 12.8. The van der Waals surface area contributed by atoms with Gasteiger partial charge < -0.3 is 15.7 Å². The third-order valence-corrected chi connectivity index (χ3v) is 7.43. The van der Waals surface area contributed by atoms with Crippen LogP contribution >= 0.6 is 23.1 Å². The maximum Gasteiger partial charge on any atom is 0.256 e. The zero-order valence-corrected chi connectivity index (χ0v) is 20.0. The first-order valence-corrected chi connectivity index (χ1v) is 12.1. The number of carbonyl (C=O) groups is 2. The summed E-state index contributed by atoms with van der Waals surface area (Å²) in [5.41, 5.74) is 1.38. The number of nitrogens with zero attached hydrogens (tertiary/aromatic N) is 3. The zero-order chi connectivity index (χ0) is 23.9. The number of carbonyl (C=O) groups excluding carboxylic acids is 2. The Morgan fingerprint density at radius 3 is 2.79 bits per heavy atom. The van der Waals surface area contributed by atoms with E-state index >= 15 is 0 Å². The SMILES string of the molecule is CC(C)(O)c1cnn(-c2ncc(CNC(=O)c3ccc4c(c3)NC(=O)c3ccccc3S4)s2)c1. The molecule has 0 aliphatic carbocycles. The number of fused-ring (bicyclic) bond motifs is 2. The lowest BCUT2D eigenvalue weighted by Gasteiger charge is -2.13. The molecule has 1 aliphatic rings. The molecule has 0 fully saturated rings. The Labute approximate surface area is 204 Å². The fourth-order valence-electron chi connectivity index (χ4n) is 3.41. The van der Waals surface area contributed by atoms with E-state index in [0.29, 0.717) is 34.1 Å². The van der Waals surface area contributed by atoms with Crippen molar-refractivity contribution in [3.8, 4) is 5.13 Å². The van der Waals surface area contributed by atoms with Gasteiger partial charge in [-0.1, -0.05) is 35.2 Å². The number of amides is 2. The van der Waals surface area contributed by atoms with E-state index in [0.717, 1.165) is 14.7 Å². The molecule has 4 aromatic rings. The second kappa shape index (κ2) is 8.71. The Balaban J connectivity index is 1.27. The molecule has 0 radical (unpaired) electrons. The van der Waals surface area contributed by atoms with Gasteiger partial charge in [-0.15, -0.1) is 0 Å². The minimum Gasteiger partial charge on any atom is -0.386 e. The molecule has 0 saturated carbocycles. The van der Waals surface area contributed by atoms with Gasteiger partial charge in [0.1, 0.15) is 0 Å². The maximum absolute atomic E-state index is 12.8. The summed E-state index contributed by atoms with van der Waals surface area (Å²) in [6.45, 7) is 3.70. The first-order chi connectivity index (χ1) is 16.3. The lowest BCUT2D eigenvalue weighted by molar-refractivity contribution is 0.0785. The molecule has 2 amide bonds. The zero-order valence-electron chi connectivity index (χ0n) is 18.4. The number of aliphatic hydroxyl groups is 1. The molecular weight excluding hydrogens is 470 g/mol. The van der Waals surface area contributed by atoms with E-state index < -0.39 is 5.60 Å². The highest BCUT2D eigenvalue weighted by Gasteiger charge is 2.21. The lowest BCUT2D eigenvalue weighted by atomic mass is 10.0. The summed E-state index contributed by atoms with van der Waals surface area (Å²) < 4.78 is 1.61. The van der Waals surface area contributed by atoms with Crippen molar-refractivity contribution in [2.75, 3.05) is 5.32 Å². The number of rotatable bonds is 5. The van der Waals surface area contributed by atoms with Crippen molar-refractivity contribution in [1.82, 2.24) is 20.1 Å². The predicted molar refractivity (Wildman–Crippen MR) is 131 cm³/mol. The molecule has 172 valence electrons. The number of hydrogen-bond acceptors (Lipinski definition) is 7. The van der Waals surface area contributed by atoms with Crippen molar-refractivity contribution in [3.63, 3.8) is 0 Å². The van der Waals surface area contributed by atoms with Gasteiger partial charge in [0.05, 0.1) is 29.6 Å². The molecule has 2 aromatic carbocycles. The van der Waals surface area contributed by atoms with Gasteiger partial charge in [-0.05, 0) is 44.2 Å². The third kappa shape index (κ3) is 4.47. The molecule has 34 heavy (non-hydrogen) atoms. The number of benzene rings is 2. The minimum absolute atomic E-state index is 0.192. The molecular formula is C24H21N5O3S2. The topological polar surface area (TPSA) is 109 Å². The molecule has 2 aromatic heterocycles. The van der Waals surface area contributed by atoms with E-state index in [1.807, 2.05) is 24.3 Å². The quantitative estimate of drug-likeness (QED) is 0.386. The van der Waals surface area contributed by atoms with Gasteiger partial charge in [0.2, 0.25) is 5.13 Å². The monoisotopic (exact) mass is 491 g/mol. The predicted octanol–water partition coefficient (Wildman–Crippen LogP) is 4.20. The number of nitrogens with one attached hydrogen (secondary N) is 2. The Morgan fingerprint density at radius 2 is 2.00 bits per heavy atom. The van der Waals surface area contributed by atoms with Crippen LogP contribution in [0.4, 0.5) is 5.69 Å². The first kappa shape index (κ1) is 22.3. The molecule has 5 rings (SSSR count). The first-order valence-electron chi connectivity index (χ1n) is 10.5. The summed E-state index contributed by atoms with van der Waals surface area (Å²) in [6.07, 6.45) is 5.04. The molecule has 3 N–H and O–H groups in total. The van der Waals surface area contributed by atoms with Crippen LogP contribution in [0.5, 0.6) is 0 Å². The summed E-state index contributed by atoms with van der Waals surface area (Å²) >= 11 is 2.89. The Morgan fingerprint density at radius 1 is 1.18 bits per heavy atom. The summed E-state index contributed by atoms with van der Waals surface area (Å²) in [5.74, 6) is -0.440. The van der Waals surface area contributed by atoms with Gasteiger partial charge in [0, 0.05) is 38.2 Å². The average molecular weight is 492 g/mol. The van der Waals surface area contributed by atoms with E-state index in [1.54, 1.807) is 55.3 Å². The number of hydrogen-bond donors (Lipinski definition) is 3. The van der Waals surface area contributed by atoms with Crippen LogP contribution < -0.4 is 10.6 Å². The fourth-order valence-corrected chi connectivity index (χ4v) is 5.20. The minimum atomic E-state index is -0.985. The molecule has 0 bridgehead atoms. The summed E-state index contributed by atoms with van der Waals surface area (Å²) in [6, 6.07) is 12.7. The highest BCUT2D eigenvalue weighted by Crippen LogP contribution is 2.39. The largest absolute Gasteiger partial charge is 0.386 e. The van der Waals surface area contributed by atoms with Crippen LogP contribution in [0.3, 0.4) is 0 Å². The Bertz CT molecular complexity index is 1400. The molecule has 1 aliphatic heterocycles. The number of aromatic nitrogens is 3. The summed E-state index contributed by atoms with van der Waals surface area (Å²) in [4.78, 5) is 32.4. The van der Waals surface area contributed by atoms with Gasteiger partial charge in [-0.2, -0.15) is 5.10 Å². The summed E-state index contributed by atoms with van der Waals surface area (Å²) in [7, 11) is 0. The van der Waals surface area contributed by atoms with Crippen LogP contribution in [0, 0.1) is 0 Å². The molecule has 0 atom stereocenters. The van der Waals surface area contributed by atoms with E-state index in [9.17, 15) is 14.7 Å². The van der Waals surface area contributed by atoms with Gasteiger partial charge in [-0.25, -0.2) is 9.67 Å². The second-order valence-electron chi connectivity index (χ2n) is 8.29. The van der Waals surface area contributed by atoms with Gasteiger partial charge in [0.15, 0.2) is 0 Å². The second-order valence-corrected chi connectivity index (χ2v) is 10.5. The van der Waals surface area contributed by atoms with Crippen LogP contribution in [-0.4, -0.2) is 31.7 Å². The third-order valence-electron chi connectivity index (χ3n) is 5.29. The lowest BCUT2D eigenvalue weighted by Crippen LogP contribution is -2.22. The van der Waals surface area contributed by atoms with E-state index in [-0.39, 0.29) is 11.8 Å². The fraction of sp³-hybridized carbons (Fsp3) is 0.167. The van der Waals surface area contributed by atoms with Crippen molar-refractivity contribution >= 4 is 40.6 Å². The van der Waals surface area contributed by atoms with Crippen molar-refractivity contribution in [2.24, 2.45) is 0 Å². The van der Waals surface area contributed by atoms with Gasteiger partial charge in [-0.3, -0.25) is 9.59 Å². The smallest absolute Gasteiger partial charge is 0.256 e. The van der Waals surface area contributed by atoms with Crippen LogP contribution in [-0.2, 0) is 12.1 Å². The van der Waals surface area contributed by atoms with Gasteiger partial charge >= 0.3 is 0 Å². The summed E-state index contributed by atoms with van der Waals surface area (Å²) in [5, 5.41) is 20.8. The molecule has 0 spiro atoms. The van der Waals surface area contributed by atoms with Crippen LogP contribution in [0.2, 0.25) is 0 Å². The number of anilines is 1. The molecule has 3 heterocycles. The van der Waals surface area contributed by atoms with Crippen molar-refractivity contribution < 1.29 is 14.7 Å². The van der Waals surface area contributed by atoms with Crippen molar-refractivity contribution in [2.45, 2.75) is 35.8 Å². The van der Waals surface area contributed by atoms with Crippen molar-refractivity contribution in [3.05, 3.63) is 82.6 Å². The number of thiazole rings is 1. The van der Waals surface area contributed by atoms with Gasteiger partial charge in [0.25, 0.3) is 11.8 Å². The highest BCUT2D eigenvalue weighted by molar-refractivity contribution is 7.99. The molecule has 0 unspecified atom stereocenters. The molecule has 10 heteroatoms. The average Bonchev–Trinajstić information content (AvgIpc) is 3.46. The van der Waals surface area contributed by atoms with E-state index in [1.165, 1.54) is 23.1 Å². The highest BCUT2D eigenvalue weighted by atomic mass is 32.2. The van der Waals surface area contributed by atoms with E-state index in [2.05, 4.69) is 20.7 Å².